The van der Waals surface area contributed by atoms with E-state index in [9.17, 15) is 4.79 Å². The third kappa shape index (κ3) is 4.61. The lowest BCUT2D eigenvalue weighted by molar-refractivity contribution is 0.547. The topological polar surface area (TPSA) is 17.1 Å². The van der Waals surface area contributed by atoms with Gasteiger partial charge in [-0.3, -0.25) is 4.79 Å². The maximum Gasteiger partial charge on any atom is 0.198 e. The van der Waals surface area contributed by atoms with Crippen LogP contribution in [0.3, 0.4) is 0 Å². The largest absolute Gasteiger partial charge is 0.291 e. The Balaban J connectivity index is 2.18. The van der Waals surface area contributed by atoms with Crippen LogP contribution in [0.5, 0.6) is 0 Å². The molecule has 0 heterocycles. The Kier molecular flexibility index (Phi) is 5.41. The van der Waals surface area contributed by atoms with Crippen molar-refractivity contribution in [1.82, 2.24) is 0 Å². The second-order valence-electron chi connectivity index (χ2n) is 3.20. The number of hydrogen-bond donors (Lipinski definition) is 0. The lowest BCUT2D eigenvalue weighted by atomic mass is 10.1. The summed E-state index contributed by atoms with van der Waals surface area (Å²) in [5.41, 5.74) is 1.23. The van der Waals surface area contributed by atoms with E-state index in [4.69, 9.17) is 0 Å². The lowest BCUT2D eigenvalue weighted by Gasteiger charge is -1.92. The van der Waals surface area contributed by atoms with Crippen molar-refractivity contribution in [3.8, 4) is 0 Å². The number of benzene rings is 1. The summed E-state index contributed by atoms with van der Waals surface area (Å²) < 4.78 is 0. The molecule has 0 amide bonds. The van der Waals surface area contributed by atoms with E-state index in [0.717, 1.165) is 19.3 Å². The molecule has 1 nitrogen and oxygen atoms in total. The second kappa shape index (κ2) is 7.07. The maximum atomic E-state index is 9.92. The van der Waals surface area contributed by atoms with E-state index in [1.54, 1.807) is 0 Å². The van der Waals surface area contributed by atoms with Gasteiger partial charge in [0.1, 0.15) is 0 Å². The highest BCUT2D eigenvalue weighted by Gasteiger charge is 1.86. The van der Waals surface area contributed by atoms with Gasteiger partial charge >= 0.3 is 0 Å². The first-order valence-corrected chi connectivity index (χ1v) is 5.00. The van der Waals surface area contributed by atoms with Gasteiger partial charge in [-0.1, -0.05) is 42.5 Å². The smallest absolute Gasteiger partial charge is 0.198 e. The minimum Gasteiger partial charge on any atom is -0.291 e. The molecule has 0 saturated carbocycles. The zero-order valence-corrected chi connectivity index (χ0v) is 8.28. The minimum atomic E-state index is 0.569. The summed E-state index contributed by atoms with van der Waals surface area (Å²) in [5.74, 6) is 0. The number of hydrogen-bond acceptors (Lipinski definition) is 1. The van der Waals surface area contributed by atoms with Crippen LogP contribution in [0.25, 0.3) is 6.08 Å². The molecular formula is C13H15O. The zero-order chi connectivity index (χ0) is 10.1. The van der Waals surface area contributed by atoms with Crippen LogP contribution >= 0.6 is 0 Å². The summed E-state index contributed by atoms with van der Waals surface area (Å²) in [7, 11) is 0. The van der Waals surface area contributed by atoms with E-state index in [-0.39, 0.29) is 0 Å². The molecule has 0 fully saturated rings. The SMILES string of the molecule is O=[C]CCCC/C=C/c1ccccc1. The number of rotatable bonds is 6. The van der Waals surface area contributed by atoms with Crippen molar-refractivity contribution in [3.05, 3.63) is 42.0 Å². The molecule has 0 atom stereocenters. The summed E-state index contributed by atoms with van der Waals surface area (Å²) in [6, 6.07) is 10.2. The lowest BCUT2D eigenvalue weighted by Crippen LogP contribution is -1.76. The third-order valence-electron chi connectivity index (χ3n) is 2.01. The fourth-order valence-electron chi connectivity index (χ4n) is 1.24. The fourth-order valence-corrected chi connectivity index (χ4v) is 1.24. The summed E-state index contributed by atoms with van der Waals surface area (Å²) in [6.45, 7) is 0. The normalized spacial score (nSPS) is 10.6. The van der Waals surface area contributed by atoms with Crippen molar-refractivity contribution in [2.24, 2.45) is 0 Å². The van der Waals surface area contributed by atoms with Gasteiger partial charge in [-0.25, -0.2) is 0 Å². The van der Waals surface area contributed by atoms with Crippen molar-refractivity contribution < 1.29 is 4.79 Å². The van der Waals surface area contributed by atoms with E-state index in [0.29, 0.717) is 6.42 Å². The molecule has 1 aromatic carbocycles. The molecule has 0 aliphatic carbocycles. The number of unbranched alkanes of at least 4 members (excludes halogenated alkanes) is 3. The average molecular weight is 187 g/mol. The van der Waals surface area contributed by atoms with Gasteiger partial charge in [-0.15, -0.1) is 0 Å². The van der Waals surface area contributed by atoms with Gasteiger partial charge in [-0.2, -0.15) is 0 Å². The third-order valence-corrected chi connectivity index (χ3v) is 2.01. The molecule has 0 bridgehead atoms. The van der Waals surface area contributed by atoms with Crippen molar-refractivity contribution in [2.45, 2.75) is 25.7 Å². The second-order valence-corrected chi connectivity index (χ2v) is 3.20. The molecular weight excluding hydrogens is 172 g/mol. The molecule has 1 heteroatoms. The van der Waals surface area contributed by atoms with E-state index in [2.05, 4.69) is 24.3 Å². The first-order chi connectivity index (χ1) is 6.93. The van der Waals surface area contributed by atoms with Gasteiger partial charge in [-0.05, 0) is 24.8 Å². The molecule has 14 heavy (non-hydrogen) atoms. The molecule has 0 aliphatic rings. The van der Waals surface area contributed by atoms with Crippen molar-refractivity contribution >= 4 is 12.4 Å². The highest BCUT2D eigenvalue weighted by Crippen LogP contribution is 2.04. The summed E-state index contributed by atoms with van der Waals surface area (Å²) in [6.07, 6.45) is 9.79. The van der Waals surface area contributed by atoms with Crippen molar-refractivity contribution in [1.29, 1.82) is 0 Å². The Bertz CT molecular complexity index is 275. The number of allylic oxidation sites excluding steroid dienone is 1. The minimum absolute atomic E-state index is 0.569. The van der Waals surface area contributed by atoms with Gasteiger partial charge in [0.05, 0.1) is 0 Å². The molecule has 1 radical (unpaired) electrons. The Morgan fingerprint density at radius 2 is 1.93 bits per heavy atom. The summed E-state index contributed by atoms with van der Waals surface area (Å²) in [4.78, 5) is 9.92. The van der Waals surface area contributed by atoms with Crippen LogP contribution in [-0.4, -0.2) is 6.29 Å². The Hall–Kier alpha value is -1.37. The van der Waals surface area contributed by atoms with Crippen LogP contribution in [0.15, 0.2) is 36.4 Å². The van der Waals surface area contributed by atoms with E-state index in [1.807, 2.05) is 24.5 Å². The Morgan fingerprint density at radius 1 is 1.14 bits per heavy atom. The predicted molar refractivity (Wildman–Crippen MR) is 59.6 cm³/mol. The van der Waals surface area contributed by atoms with E-state index >= 15 is 0 Å². The van der Waals surface area contributed by atoms with Crippen LogP contribution in [0.4, 0.5) is 0 Å². The van der Waals surface area contributed by atoms with Gasteiger partial charge < -0.3 is 0 Å². The van der Waals surface area contributed by atoms with E-state index in [1.165, 1.54) is 5.56 Å². The quantitative estimate of drug-likeness (QED) is 0.624. The van der Waals surface area contributed by atoms with Crippen LogP contribution in [0.2, 0.25) is 0 Å². The molecule has 0 unspecified atom stereocenters. The summed E-state index contributed by atoms with van der Waals surface area (Å²) in [5, 5.41) is 0. The van der Waals surface area contributed by atoms with Gasteiger partial charge in [0, 0.05) is 6.42 Å². The maximum absolute atomic E-state index is 9.92. The predicted octanol–water partition coefficient (Wildman–Crippen LogP) is 3.37. The Labute approximate surface area is 85.5 Å². The van der Waals surface area contributed by atoms with Crippen LogP contribution in [0.1, 0.15) is 31.2 Å². The molecule has 0 spiro atoms. The monoisotopic (exact) mass is 187 g/mol. The highest BCUT2D eigenvalue weighted by molar-refractivity contribution is 5.50. The van der Waals surface area contributed by atoms with Gasteiger partial charge in [0.25, 0.3) is 0 Å². The Morgan fingerprint density at radius 3 is 2.64 bits per heavy atom. The van der Waals surface area contributed by atoms with Crippen LogP contribution in [0, 0.1) is 0 Å². The molecule has 0 N–H and O–H groups in total. The molecule has 0 aliphatic heterocycles. The van der Waals surface area contributed by atoms with Gasteiger partial charge in [0.2, 0.25) is 0 Å². The van der Waals surface area contributed by atoms with Crippen molar-refractivity contribution in [2.75, 3.05) is 0 Å². The van der Waals surface area contributed by atoms with Crippen molar-refractivity contribution in [3.63, 3.8) is 0 Å². The first-order valence-electron chi connectivity index (χ1n) is 5.00. The van der Waals surface area contributed by atoms with Crippen LogP contribution < -0.4 is 0 Å². The highest BCUT2D eigenvalue weighted by atomic mass is 16.1. The van der Waals surface area contributed by atoms with E-state index < -0.39 is 0 Å². The summed E-state index contributed by atoms with van der Waals surface area (Å²) >= 11 is 0. The van der Waals surface area contributed by atoms with Crippen LogP contribution in [-0.2, 0) is 4.79 Å². The standard InChI is InChI=1S/C13H15O/c14-12-8-3-1-2-5-9-13-10-6-4-7-11-13/h4-7,9-11H,1-3,8H2/b9-5+. The molecule has 0 aromatic heterocycles. The first kappa shape index (κ1) is 10.7. The number of carbonyl (C=O) groups excluding carboxylic acids is 1. The molecule has 1 rings (SSSR count). The average Bonchev–Trinajstić information content (AvgIpc) is 2.25. The molecule has 0 saturated heterocycles. The fraction of sp³-hybridized carbons (Fsp3) is 0.308. The zero-order valence-electron chi connectivity index (χ0n) is 8.28. The molecule has 1 aromatic rings. The molecule has 73 valence electrons. The van der Waals surface area contributed by atoms with Gasteiger partial charge in [0.15, 0.2) is 6.29 Å².